The smallest absolute Gasteiger partial charge is 0.412 e. The standard InChI is InChI=1S/C34H52N6O4Si2/c1-33(2,3)44-32(41)36-25-15-23(20-35)29-27(17-25)39(21-42-11-13-45(5,6)7)31(37-29)30-26-16-24-18-34(24,4)19-28(26)40(38-30)22-43-12-14-46(8,9)10/h15,17,24H,11-14,16,18-19,21-22H2,1-10H3,(H,36,41)/t24-,34-/m1/s1. The van der Waals surface area contributed by atoms with Crippen molar-refractivity contribution in [3.8, 4) is 17.6 Å². The minimum Gasteiger partial charge on any atom is -0.444 e. The molecule has 1 aromatic carbocycles. The average molecular weight is 665 g/mol. The molecule has 2 aliphatic carbocycles. The second kappa shape index (κ2) is 12.6. The number of carbonyl (C=O) groups is 1. The van der Waals surface area contributed by atoms with E-state index in [0.717, 1.165) is 37.2 Å². The van der Waals surface area contributed by atoms with Gasteiger partial charge in [-0.05, 0) is 75.6 Å². The molecule has 2 aliphatic rings. The van der Waals surface area contributed by atoms with Gasteiger partial charge in [-0.1, -0.05) is 46.2 Å². The molecule has 0 bridgehead atoms. The third kappa shape index (κ3) is 8.10. The summed E-state index contributed by atoms with van der Waals surface area (Å²) in [5, 5.41) is 18.2. The molecule has 1 saturated carbocycles. The number of benzene rings is 1. The summed E-state index contributed by atoms with van der Waals surface area (Å²) >= 11 is 0. The lowest BCUT2D eigenvalue weighted by Gasteiger charge is -2.21. The summed E-state index contributed by atoms with van der Waals surface area (Å²) in [6.45, 7) is 23.9. The van der Waals surface area contributed by atoms with Gasteiger partial charge in [0, 0.05) is 46.3 Å². The van der Waals surface area contributed by atoms with Gasteiger partial charge in [0.25, 0.3) is 0 Å². The van der Waals surface area contributed by atoms with Crippen molar-refractivity contribution in [3.63, 3.8) is 0 Å². The maximum atomic E-state index is 12.7. The maximum Gasteiger partial charge on any atom is 0.412 e. The number of rotatable bonds is 12. The van der Waals surface area contributed by atoms with Crippen LogP contribution in [0.15, 0.2) is 12.1 Å². The number of nitrogens with zero attached hydrogens (tertiary/aromatic N) is 5. The van der Waals surface area contributed by atoms with Crippen molar-refractivity contribution in [3.05, 3.63) is 29.0 Å². The fourth-order valence-electron chi connectivity index (χ4n) is 6.08. The van der Waals surface area contributed by atoms with Crippen LogP contribution in [0.2, 0.25) is 51.4 Å². The second-order valence-electron chi connectivity index (χ2n) is 16.9. The molecule has 0 radical (unpaired) electrons. The summed E-state index contributed by atoms with van der Waals surface area (Å²) in [6, 6.07) is 7.93. The van der Waals surface area contributed by atoms with E-state index in [2.05, 4.69) is 57.6 Å². The third-order valence-corrected chi connectivity index (χ3v) is 12.4. The van der Waals surface area contributed by atoms with E-state index in [4.69, 9.17) is 24.3 Å². The Morgan fingerprint density at radius 2 is 1.74 bits per heavy atom. The van der Waals surface area contributed by atoms with Crippen molar-refractivity contribution < 1.29 is 19.0 Å². The molecule has 46 heavy (non-hydrogen) atoms. The minimum atomic E-state index is -1.31. The van der Waals surface area contributed by atoms with Crippen LogP contribution in [0.25, 0.3) is 22.6 Å². The predicted octanol–water partition coefficient (Wildman–Crippen LogP) is 7.87. The molecule has 0 saturated heterocycles. The molecule has 12 heteroatoms. The number of carbonyl (C=O) groups excluding carboxylic acids is 1. The number of nitriles is 1. The fraction of sp³-hybridized carbons (Fsp3) is 0.647. The van der Waals surface area contributed by atoms with E-state index < -0.39 is 27.8 Å². The first-order chi connectivity index (χ1) is 21.4. The molecule has 3 aromatic rings. The van der Waals surface area contributed by atoms with Crippen LogP contribution in [-0.2, 0) is 40.5 Å². The van der Waals surface area contributed by atoms with Crippen LogP contribution in [0.4, 0.5) is 10.5 Å². The first-order valence-corrected chi connectivity index (χ1v) is 24.0. The molecule has 5 rings (SSSR count). The van der Waals surface area contributed by atoms with Crippen LogP contribution in [-0.4, -0.2) is 60.4 Å². The molecular weight excluding hydrogens is 613 g/mol. The highest BCUT2D eigenvalue weighted by Crippen LogP contribution is 2.60. The summed E-state index contributed by atoms with van der Waals surface area (Å²) < 4.78 is 22.1. The lowest BCUT2D eigenvalue weighted by Crippen LogP contribution is -2.27. The van der Waals surface area contributed by atoms with Crippen LogP contribution in [0.3, 0.4) is 0 Å². The zero-order chi connectivity index (χ0) is 33.7. The lowest BCUT2D eigenvalue weighted by molar-refractivity contribution is 0.0636. The Hall–Kier alpha value is -2.99. The number of fused-ring (bicyclic) bond motifs is 3. The van der Waals surface area contributed by atoms with E-state index in [-0.39, 0.29) is 6.73 Å². The summed E-state index contributed by atoms with van der Waals surface area (Å²) in [4.78, 5) is 17.8. The molecule has 1 fully saturated rings. The number of nitrogens with one attached hydrogen (secondary N) is 1. The van der Waals surface area contributed by atoms with E-state index >= 15 is 0 Å². The maximum absolute atomic E-state index is 12.7. The largest absolute Gasteiger partial charge is 0.444 e. The minimum absolute atomic E-state index is 0.257. The van der Waals surface area contributed by atoms with Crippen LogP contribution < -0.4 is 5.32 Å². The van der Waals surface area contributed by atoms with Crippen molar-refractivity contribution in [1.82, 2.24) is 19.3 Å². The predicted molar refractivity (Wildman–Crippen MR) is 187 cm³/mol. The zero-order valence-electron chi connectivity index (χ0n) is 29.5. The highest BCUT2D eigenvalue weighted by molar-refractivity contribution is 6.76. The Morgan fingerprint density at radius 1 is 1.09 bits per heavy atom. The van der Waals surface area contributed by atoms with Crippen LogP contribution >= 0.6 is 0 Å². The van der Waals surface area contributed by atoms with Crippen molar-refractivity contribution in [1.29, 1.82) is 5.26 Å². The van der Waals surface area contributed by atoms with Gasteiger partial charge < -0.3 is 14.2 Å². The van der Waals surface area contributed by atoms with E-state index in [1.54, 1.807) is 6.07 Å². The van der Waals surface area contributed by atoms with Gasteiger partial charge in [0.05, 0.1) is 11.1 Å². The van der Waals surface area contributed by atoms with E-state index in [0.29, 0.717) is 52.8 Å². The van der Waals surface area contributed by atoms with Crippen LogP contribution in [0.5, 0.6) is 0 Å². The van der Waals surface area contributed by atoms with Crippen LogP contribution in [0.1, 0.15) is 50.9 Å². The summed E-state index contributed by atoms with van der Waals surface area (Å²) in [6.07, 6.45) is 2.55. The van der Waals surface area contributed by atoms with Gasteiger partial charge in [-0.15, -0.1) is 0 Å². The first kappa shape index (κ1) is 34.4. The number of anilines is 1. The summed E-state index contributed by atoms with van der Waals surface area (Å²) in [5.41, 5.74) is 5.03. The highest BCUT2D eigenvalue weighted by Gasteiger charge is 2.54. The van der Waals surface area contributed by atoms with E-state index in [1.165, 1.54) is 17.7 Å². The number of imidazole rings is 1. The molecule has 1 amide bonds. The molecule has 0 unspecified atom stereocenters. The molecular formula is C34H52N6O4Si2. The Morgan fingerprint density at radius 3 is 2.35 bits per heavy atom. The van der Waals surface area contributed by atoms with Gasteiger partial charge in [-0.3, -0.25) is 9.88 Å². The fourth-order valence-corrected chi connectivity index (χ4v) is 7.59. The van der Waals surface area contributed by atoms with Gasteiger partial charge in [-0.25, -0.2) is 14.5 Å². The average Bonchev–Trinajstić information content (AvgIpc) is 3.27. The molecule has 0 spiro atoms. The summed E-state index contributed by atoms with van der Waals surface area (Å²) in [5.74, 6) is 1.31. The van der Waals surface area contributed by atoms with Gasteiger partial charge in [0.1, 0.15) is 36.3 Å². The number of amides is 1. The second-order valence-corrected chi connectivity index (χ2v) is 28.1. The monoisotopic (exact) mass is 664 g/mol. The van der Waals surface area contributed by atoms with Gasteiger partial charge in [0.2, 0.25) is 0 Å². The number of aromatic nitrogens is 4. The van der Waals surface area contributed by atoms with Crippen LogP contribution in [0, 0.1) is 22.7 Å². The highest BCUT2D eigenvalue weighted by atomic mass is 28.3. The summed E-state index contributed by atoms with van der Waals surface area (Å²) in [7, 11) is -2.53. The Bertz CT molecular complexity index is 1650. The van der Waals surface area contributed by atoms with E-state index in [9.17, 15) is 10.1 Å². The van der Waals surface area contributed by atoms with Crippen molar-refractivity contribution in [2.24, 2.45) is 11.3 Å². The van der Waals surface area contributed by atoms with Gasteiger partial charge in [0.15, 0.2) is 5.82 Å². The van der Waals surface area contributed by atoms with Crippen molar-refractivity contribution >= 4 is 39.0 Å². The molecule has 10 nitrogen and oxygen atoms in total. The van der Waals surface area contributed by atoms with Gasteiger partial charge >= 0.3 is 6.09 Å². The molecule has 1 N–H and O–H groups in total. The number of hydrogen-bond donors (Lipinski definition) is 1. The van der Waals surface area contributed by atoms with Gasteiger partial charge in [-0.2, -0.15) is 10.4 Å². The normalized spacial score (nSPS) is 19.5. The van der Waals surface area contributed by atoms with Crippen molar-refractivity contribution in [2.45, 2.75) is 117 Å². The Balaban J connectivity index is 1.57. The molecule has 2 atom stereocenters. The zero-order valence-corrected chi connectivity index (χ0v) is 31.5. The van der Waals surface area contributed by atoms with Crippen molar-refractivity contribution in [2.75, 3.05) is 18.5 Å². The SMILES string of the molecule is CC(C)(C)OC(=O)Nc1cc(C#N)c2nc(-c3nn(COCC[Si](C)(C)C)c4c3C[C@@H]3C[C@]3(C)C4)n(COCC[Si](C)(C)C)c2c1. The molecule has 2 heterocycles. The number of hydrogen-bond acceptors (Lipinski definition) is 7. The quantitative estimate of drug-likeness (QED) is 0.155. The molecule has 2 aromatic heterocycles. The van der Waals surface area contributed by atoms with E-state index in [1.807, 2.05) is 36.1 Å². The topological polar surface area (TPSA) is 116 Å². The molecule has 0 aliphatic heterocycles. The number of ether oxygens (including phenoxy) is 3. The Labute approximate surface area is 275 Å². The molecule has 250 valence electrons. The Kier molecular flexibility index (Phi) is 9.38. The first-order valence-electron chi connectivity index (χ1n) is 16.5. The third-order valence-electron chi connectivity index (χ3n) is 8.98. The lowest BCUT2D eigenvalue weighted by atomic mass is 9.87.